The van der Waals surface area contributed by atoms with Gasteiger partial charge in [-0.25, -0.2) is 0 Å². The zero-order valence-electron chi connectivity index (χ0n) is 12.6. The number of rotatable bonds is 4. The van der Waals surface area contributed by atoms with Gasteiger partial charge in [-0.15, -0.1) is 0 Å². The van der Waals surface area contributed by atoms with Crippen molar-refractivity contribution in [2.75, 3.05) is 18.5 Å². The van der Waals surface area contributed by atoms with E-state index in [2.05, 4.69) is 33.0 Å². The van der Waals surface area contributed by atoms with E-state index in [1.807, 2.05) is 42.5 Å². The molecule has 1 aliphatic rings. The highest BCUT2D eigenvalue weighted by Gasteiger charge is 2.21. The summed E-state index contributed by atoms with van der Waals surface area (Å²) in [4.78, 5) is 0. The number of nitrogens with zero attached hydrogens (tertiary/aromatic N) is 4. The number of fused-ring (bicyclic) bond motifs is 1. The lowest BCUT2D eigenvalue weighted by atomic mass is 9.93. The molecule has 3 aromatic rings. The Morgan fingerprint density at radius 2 is 1.91 bits per heavy atom. The molecular weight excluding hydrogens is 290 g/mol. The highest BCUT2D eigenvalue weighted by Crippen LogP contribution is 2.33. The summed E-state index contributed by atoms with van der Waals surface area (Å²) in [5, 5.41) is 15.3. The van der Waals surface area contributed by atoms with Crippen molar-refractivity contribution in [1.82, 2.24) is 20.2 Å². The number of para-hydroxylation sites is 2. The number of aromatic nitrogens is 4. The summed E-state index contributed by atoms with van der Waals surface area (Å²) in [7, 11) is 0. The Morgan fingerprint density at radius 1 is 1.09 bits per heavy atom. The fourth-order valence-electron chi connectivity index (χ4n) is 2.88. The lowest BCUT2D eigenvalue weighted by Gasteiger charge is -2.26. The molecule has 0 bridgehead atoms. The van der Waals surface area contributed by atoms with Crippen molar-refractivity contribution in [2.45, 2.75) is 12.3 Å². The van der Waals surface area contributed by atoms with E-state index in [-0.39, 0.29) is 0 Å². The van der Waals surface area contributed by atoms with Crippen LogP contribution >= 0.6 is 0 Å². The molecule has 0 spiro atoms. The normalized spacial score (nSPS) is 16.4. The van der Waals surface area contributed by atoms with E-state index in [9.17, 15) is 0 Å². The molecule has 23 heavy (non-hydrogen) atoms. The fraction of sp³-hybridized carbons (Fsp3) is 0.235. The second kappa shape index (κ2) is 6.08. The van der Waals surface area contributed by atoms with Crippen molar-refractivity contribution < 1.29 is 4.74 Å². The third-order valence-electron chi connectivity index (χ3n) is 4.06. The summed E-state index contributed by atoms with van der Waals surface area (Å²) in [6.45, 7) is 1.51. The maximum absolute atomic E-state index is 5.71. The summed E-state index contributed by atoms with van der Waals surface area (Å²) in [5.74, 6) is 2.02. The molecule has 116 valence electrons. The van der Waals surface area contributed by atoms with Crippen LogP contribution in [-0.4, -0.2) is 33.4 Å². The van der Waals surface area contributed by atoms with Gasteiger partial charge in [0.15, 0.2) is 0 Å². The first-order valence-electron chi connectivity index (χ1n) is 7.71. The lowest BCUT2D eigenvalue weighted by molar-refractivity contribution is 0.270. The summed E-state index contributed by atoms with van der Waals surface area (Å²) in [6.07, 6.45) is 0.983. The number of benzene rings is 2. The minimum absolute atomic E-state index is 0.390. The van der Waals surface area contributed by atoms with Crippen LogP contribution in [0.15, 0.2) is 54.6 Å². The average molecular weight is 307 g/mol. The SMILES string of the molecule is c1ccc(-n2nnnc2NCC2CCOc3ccccc32)cc1. The molecule has 0 aliphatic carbocycles. The minimum Gasteiger partial charge on any atom is -0.493 e. The molecule has 0 saturated heterocycles. The van der Waals surface area contributed by atoms with Crippen LogP contribution < -0.4 is 10.1 Å². The molecule has 0 amide bonds. The van der Waals surface area contributed by atoms with Crippen LogP contribution in [-0.2, 0) is 0 Å². The number of hydrogen-bond donors (Lipinski definition) is 1. The molecule has 6 heteroatoms. The number of ether oxygens (including phenoxy) is 1. The largest absolute Gasteiger partial charge is 0.493 e. The highest BCUT2D eigenvalue weighted by atomic mass is 16.5. The van der Waals surface area contributed by atoms with Crippen molar-refractivity contribution >= 4 is 5.95 Å². The maximum atomic E-state index is 5.71. The molecule has 6 nitrogen and oxygen atoms in total. The zero-order valence-corrected chi connectivity index (χ0v) is 12.6. The van der Waals surface area contributed by atoms with Crippen LogP contribution in [0.3, 0.4) is 0 Å². The van der Waals surface area contributed by atoms with Crippen LogP contribution in [0, 0.1) is 0 Å². The van der Waals surface area contributed by atoms with Gasteiger partial charge < -0.3 is 10.1 Å². The predicted molar refractivity (Wildman–Crippen MR) is 86.9 cm³/mol. The average Bonchev–Trinajstić information content (AvgIpc) is 3.09. The molecule has 1 atom stereocenters. The van der Waals surface area contributed by atoms with E-state index in [0.29, 0.717) is 11.9 Å². The van der Waals surface area contributed by atoms with Gasteiger partial charge in [-0.2, -0.15) is 4.68 Å². The number of anilines is 1. The lowest BCUT2D eigenvalue weighted by Crippen LogP contribution is -2.21. The topological polar surface area (TPSA) is 64.9 Å². The summed E-state index contributed by atoms with van der Waals surface area (Å²) in [5.41, 5.74) is 2.18. The Morgan fingerprint density at radius 3 is 2.83 bits per heavy atom. The zero-order chi connectivity index (χ0) is 15.5. The Labute approximate surface area is 134 Å². The fourth-order valence-corrected chi connectivity index (χ4v) is 2.88. The third kappa shape index (κ3) is 2.75. The van der Waals surface area contributed by atoms with Gasteiger partial charge in [-0.1, -0.05) is 41.5 Å². The smallest absolute Gasteiger partial charge is 0.247 e. The van der Waals surface area contributed by atoms with E-state index in [0.717, 1.165) is 31.0 Å². The van der Waals surface area contributed by atoms with Crippen molar-refractivity contribution in [1.29, 1.82) is 0 Å². The quantitative estimate of drug-likeness (QED) is 0.802. The number of hydrogen-bond acceptors (Lipinski definition) is 5. The van der Waals surface area contributed by atoms with Crippen LogP contribution in [0.25, 0.3) is 5.69 Å². The number of nitrogens with one attached hydrogen (secondary N) is 1. The van der Waals surface area contributed by atoms with Crippen LogP contribution in [0.1, 0.15) is 17.9 Å². The minimum atomic E-state index is 0.390. The van der Waals surface area contributed by atoms with E-state index in [1.54, 1.807) is 4.68 Å². The van der Waals surface area contributed by atoms with Crippen LogP contribution in [0.2, 0.25) is 0 Å². The van der Waals surface area contributed by atoms with Gasteiger partial charge in [0.1, 0.15) is 5.75 Å². The molecule has 1 N–H and O–H groups in total. The second-order valence-electron chi connectivity index (χ2n) is 5.50. The van der Waals surface area contributed by atoms with Gasteiger partial charge in [0.05, 0.1) is 12.3 Å². The van der Waals surface area contributed by atoms with Crippen molar-refractivity contribution in [3.63, 3.8) is 0 Å². The Bertz CT molecular complexity index is 786. The van der Waals surface area contributed by atoms with Crippen molar-refractivity contribution in [3.8, 4) is 11.4 Å². The van der Waals surface area contributed by atoms with E-state index in [4.69, 9.17) is 4.74 Å². The Balaban J connectivity index is 1.52. The van der Waals surface area contributed by atoms with Gasteiger partial charge in [0.2, 0.25) is 5.95 Å². The molecule has 2 aromatic carbocycles. The summed E-state index contributed by atoms with van der Waals surface area (Å²) in [6, 6.07) is 18.1. The van der Waals surface area contributed by atoms with Gasteiger partial charge in [-0.3, -0.25) is 0 Å². The summed E-state index contributed by atoms with van der Waals surface area (Å²) < 4.78 is 7.42. The van der Waals surface area contributed by atoms with Crippen molar-refractivity contribution in [2.24, 2.45) is 0 Å². The predicted octanol–water partition coefficient (Wildman–Crippen LogP) is 2.64. The highest BCUT2D eigenvalue weighted by molar-refractivity contribution is 5.41. The van der Waals surface area contributed by atoms with E-state index in [1.165, 1.54) is 5.56 Å². The second-order valence-corrected chi connectivity index (χ2v) is 5.50. The summed E-state index contributed by atoms with van der Waals surface area (Å²) >= 11 is 0. The van der Waals surface area contributed by atoms with Gasteiger partial charge >= 0.3 is 0 Å². The molecule has 1 unspecified atom stereocenters. The van der Waals surface area contributed by atoms with Crippen LogP contribution in [0.5, 0.6) is 5.75 Å². The van der Waals surface area contributed by atoms with Gasteiger partial charge in [-0.05, 0) is 40.6 Å². The first-order chi connectivity index (χ1) is 11.4. The molecular formula is C17H17N5O. The molecule has 4 rings (SSSR count). The molecule has 0 radical (unpaired) electrons. The Kier molecular flexibility index (Phi) is 3.63. The van der Waals surface area contributed by atoms with Gasteiger partial charge in [0.25, 0.3) is 0 Å². The molecule has 2 heterocycles. The molecule has 0 fully saturated rings. The Hall–Kier alpha value is -2.89. The molecule has 1 aromatic heterocycles. The van der Waals surface area contributed by atoms with Crippen LogP contribution in [0.4, 0.5) is 5.95 Å². The van der Waals surface area contributed by atoms with E-state index < -0.39 is 0 Å². The first kappa shape index (κ1) is 13.8. The van der Waals surface area contributed by atoms with Crippen molar-refractivity contribution in [3.05, 3.63) is 60.2 Å². The third-order valence-corrected chi connectivity index (χ3v) is 4.06. The number of tetrazole rings is 1. The molecule has 0 saturated carbocycles. The molecule has 1 aliphatic heterocycles. The van der Waals surface area contributed by atoms with Gasteiger partial charge in [0, 0.05) is 12.5 Å². The first-order valence-corrected chi connectivity index (χ1v) is 7.71. The maximum Gasteiger partial charge on any atom is 0.247 e. The standard InChI is InChI=1S/C17H17N5O/c1-2-6-14(7-3-1)22-17(19-20-21-22)18-12-13-10-11-23-16-9-5-4-8-15(13)16/h1-9,13H,10-12H2,(H,18,19,21). The monoisotopic (exact) mass is 307 g/mol. The van der Waals surface area contributed by atoms with E-state index >= 15 is 0 Å².